The number of benzene rings is 2. The molecule has 6 nitrogen and oxygen atoms in total. The zero-order chi connectivity index (χ0) is 21.4. The molecule has 0 spiro atoms. The molecule has 8 heteroatoms. The normalized spacial score (nSPS) is 12.6. The van der Waals surface area contributed by atoms with E-state index in [2.05, 4.69) is 26.6 Å². The molecule has 0 aliphatic heterocycles. The second-order valence-electron chi connectivity index (χ2n) is 6.50. The summed E-state index contributed by atoms with van der Waals surface area (Å²) in [6, 6.07) is 11.2. The highest BCUT2D eigenvalue weighted by Crippen LogP contribution is 2.13. The van der Waals surface area contributed by atoms with Gasteiger partial charge in [0.1, 0.15) is 17.9 Å². The van der Waals surface area contributed by atoms with E-state index in [9.17, 15) is 18.8 Å². The van der Waals surface area contributed by atoms with Crippen LogP contribution in [0.3, 0.4) is 0 Å². The summed E-state index contributed by atoms with van der Waals surface area (Å²) in [4.78, 5) is 36.5. The van der Waals surface area contributed by atoms with Crippen LogP contribution in [-0.2, 0) is 32.0 Å². The number of ether oxygens (including phenoxy) is 1. The Hall–Kier alpha value is -2.74. The molecule has 2 amide bonds. The number of nitrogens with one attached hydrogen (secondary N) is 2. The number of amides is 2. The van der Waals surface area contributed by atoms with Crippen molar-refractivity contribution in [3.05, 3.63) is 69.9 Å². The molecule has 2 atom stereocenters. The molecule has 154 valence electrons. The van der Waals surface area contributed by atoms with Crippen LogP contribution in [0.15, 0.2) is 53.0 Å². The topological polar surface area (TPSA) is 84.5 Å². The van der Waals surface area contributed by atoms with Crippen molar-refractivity contribution in [2.24, 2.45) is 0 Å². The molecule has 2 rings (SSSR count). The molecule has 0 saturated heterocycles. The first kappa shape index (κ1) is 22.5. The number of esters is 1. The molecule has 0 heterocycles. The van der Waals surface area contributed by atoms with Gasteiger partial charge in [0.25, 0.3) is 0 Å². The molecule has 2 aromatic carbocycles. The van der Waals surface area contributed by atoms with Crippen LogP contribution in [0.1, 0.15) is 18.1 Å². The minimum Gasteiger partial charge on any atom is -0.467 e. The lowest BCUT2D eigenvalue weighted by Crippen LogP contribution is -2.53. The van der Waals surface area contributed by atoms with Crippen LogP contribution in [-0.4, -0.2) is 37.0 Å². The maximum absolute atomic E-state index is 13.5. The molecule has 0 unspecified atom stereocenters. The van der Waals surface area contributed by atoms with Crippen LogP contribution in [0.4, 0.5) is 4.39 Å². The maximum atomic E-state index is 13.5. The van der Waals surface area contributed by atoms with Crippen molar-refractivity contribution in [1.82, 2.24) is 10.6 Å². The van der Waals surface area contributed by atoms with E-state index in [0.717, 1.165) is 10.0 Å². The number of carbonyl (C=O) groups is 3. The monoisotopic (exact) mass is 464 g/mol. The van der Waals surface area contributed by atoms with Crippen LogP contribution in [0, 0.1) is 5.82 Å². The maximum Gasteiger partial charge on any atom is 0.328 e. The first-order valence-electron chi connectivity index (χ1n) is 8.92. The first-order valence-corrected chi connectivity index (χ1v) is 9.72. The summed E-state index contributed by atoms with van der Waals surface area (Å²) in [6.07, 6.45) is 0.299. The Kier molecular flexibility index (Phi) is 8.33. The minimum absolute atomic E-state index is 0.0787. The van der Waals surface area contributed by atoms with Crippen LogP contribution in [0.2, 0.25) is 0 Å². The van der Waals surface area contributed by atoms with Crippen LogP contribution in [0.25, 0.3) is 0 Å². The predicted octanol–water partition coefficient (Wildman–Crippen LogP) is 2.54. The van der Waals surface area contributed by atoms with Gasteiger partial charge in [0.05, 0.1) is 7.11 Å². The number of carbonyl (C=O) groups excluding carboxylic acids is 3. The summed E-state index contributed by atoms with van der Waals surface area (Å²) in [7, 11) is 1.24. The molecular formula is C21H22BrFN2O4. The van der Waals surface area contributed by atoms with Crippen LogP contribution < -0.4 is 10.6 Å². The van der Waals surface area contributed by atoms with Crippen molar-refractivity contribution in [1.29, 1.82) is 0 Å². The zero-order valence-corrected chi connectivity index (χ0v) is 17.7. The van der Waals surface area contributed by atoms with E-state index in [-0.39, 0.29) is 12.8 Å². The number of methoxy groups -OCH3 is 1. The Morgan fingerprint density at radius 1 is 1.00 bits per heavy atom. The average Bonchev–Trinajstić information content (AvgIpc) is 2.67. The summed E-state index contributed by atoms with van der Waals surface area (Å²) in [5, 5.41) is 5.19. The third-order valence-corrected chi connectivity index (χ3v) is 4.71. The quantitative estimate of drug-likeness (QED) is 0.587. The highest BCUT2D eigenvalue weighted by Gasteiger charge is 2.27. The fourth-order valence-electron chi connectivity index (χ4n) is 2.82. The van der Waals surface area contributed by atoms with Crippen molar-refractivity contribution in [2.75, 3.05) is 7.11 Å². The van der Waals surface area contributed by atoms with Gasteiger partial charge in [0, 0.05) is 24.2 Å². The lowest BCUT2D eigenvalue weighted by molar-refractivity contribution is -0.145. The lowest BCUT2D eigenvalue weighted by Gasteiger charge is -2.22. The van der Waals surface area contributed by atoms with Gasteiger partial charge in [-0.25, -0.2) is 9.18 Å². The van der Waals surface area contributed by atoms with Crippen LogP contribution >= 0.6 is 15.9 Å². The molecule has 0 radical (unpaired) electrons. The van der Waals surface area contributed by atoms with E-state index in [1.165, 1.54) is 32.2 Å². The standard InChI is InChI=1S/C21H22BrFN2O4/c1-13(26)24-18(12-15-4-3-5-17(23)10-15)20(27)25-19(21(28)29-2)11-14-6-8-16(22)9-7-14/h3-10,18-19H,11-12H2,1-2H3,(H,24,26)(H,25,27)/t18-,19+/m1/s1. The van der Waals surface area contributed by atoms with E-state index in [0.29, 0.717) is 5.56 Å². The van der Waals surface area contributed by atoms with E-state index in [4.69, 9.17) is 4.74 Å². The second-order valence-corrected chi connectivity index (χ2v) is 7.42. The van der Waals surface area contributed by atoms with Crippen molar-refractivity contribution in [3.8, 4) is 0 Å². The summed E-state index contributed by atoms with van der Waals surface area (Å²) < 4.78 is 19.2. The molecule has 0 aromatic heterocycles. The fraction of sp³-hybridized carbons (Fsp3) is 0.286. The fourth-order valence-corrected chi connectivity index (χ4v) is 3.08. The van der Waals surface area contributed by atoms with E-state index < -0.39 is 35.7 Å². The largest absolute Gasteiger partial charge is 0.467 e. The molecule has 2 aromatic rings. The molecule has 0 aliphatic rings. The highest BCUT2D eigenvalue weighted by molar-refractivity contribution is 9.10. The Morgan fingerprint density at radius 2 is 1.66 bits per heavy atom. The zero-order valence-electron chi connectivity index (χ0n) is 16.1. The average molecular weight is 465 g/mol. The summed E-state index contributed by atoms with van der Waals surface area (Å²) in [5.41, 5.74) is 1.37. The van der Waals surface area contributed by atoms with Gasteiger partial charge < -0.3 is 15.4 Å². The van der Waals surface area contributed by atoms with Gasteiger partial charge in [-0.15, -0.1) is 0 Å². The Labute approximate surface area is 177 Å². The van der Waals surface area contributed by atoms with Crippen molar-refractivity contribution < 1.29 is 23.5 Å². The third-order valence-electron chi connectivity index (χ3n) is 4.18. The van der Waals surface area contributed by atoms with E-state index >= 15 is 0 Å². The molecular weight excluding hydrogens is 443 g/mol. The highest BCUT2D eigenvalue weighted by atomic mass is 79.9. The molecule has 0 bridgehead atoms. The molecule has 0 aliphatic carbocycles. The minimum atomic E-state index is -0.966. The van der Waals surface area contributed by atoms with Gasteiger partial charge in [-0.2, -0.15) is 0 Å². The smallest absolute Gasteiger partial charge is 0.328 e. The third kappa shape index (κ3) is 7.30. The van der Waals surface area contributed by atoms with Crippen molar-refractivity contribution in [2.45, 2.75) is 31.8 Å². The van der Waals surface area contributed by atoms with Crippen LogP contribution in [0.5, 0.6) is 0 Å². The molecule has 0 saturated carbocycles. The number of hydrogen-bond donors (Lipinski definition) is 2. The number of rotatable bonds is 8. The molecule has 0 fully saturated rings. The predicted molar refractivity (Wildman–Crippen MR) is 110 cm³/mol. The lowest BCUT2D eigenvalue weighted by atomic mass is 10.0. The van der Waals surface area contributed by atoms with E-state index in [1.54, 1.807) is 6.07 Å². The van der Waals surface area contributed by atoms with Gasteiger partial charge in [-0.3, -0.25) is 9.59 Å². The Bertz CT molecular complexity index is 873. The summed E-state index contributed by atoms with van der Waals surface area (Å²) >= 11 is 3.34. The molecule has 2 N–H and O–H groups in total. The van der Waals surface area contributed by atoms with Gasteiger partial charge >= 0.3 is 5.97 Å². The van der Waals surface area contributed by atoms with Gasteiger partial charge in [0.2, 0.25) is 11.8 Å². The molecule has 29 heavy (non-hydrogen) atoms. The summed E-state index contributed by atoms with van der Waals surface area (Å²) in [5.74, 6) is -2.01. The number of hydrogen-bond acceptors (Lipinski definition) is 4. The van der Waals surface area contributed by atoms with Crippen molar-refractivity contribution in [3.63, 3.8) is 0 Å². The van der Waals surface area contributed by atoms with Gasteiger partial charge in [-0.05, 0) is 35.4 Å². The second kappa shape index (κ2) is 10.7. The Balaban J connectivity index is 2.16. The first-order chi connectivity index (χ1) is 13.8. The SMILES string of the molecule is COC(=O)[C@H](Cc1ccc(Br)cc1)NC(=O)[C@@H](Cc1cccc(F)c1)NC(C)=O. The van der Waals surface area contributed by atoms with Gasteiger partial charge in [0.15, 0.2) is 0 Å². The van der Waals surface area contributed by atoms with E-state index in [1.807, 2.05) is 24.3 Å². The van der Waals surface area contributed by atoms with Crippen molar-refractivity contribution >= 4 is 33.7 Å². The Morgan fingerprint density at radius 3 is 2.24 bits per heavy atom. The summed E-state index contributed by atoms with van der Waals surface area (Å²) in [6.45, 7) is 1.28. The number of halogens is 2. The van der Waals surface area contributed by atoms with Gasteiger partial charge in [-0.1, -0.05) is 40.2 Å².